The van der Waals surface area contributed by atoms with E-state index in [1.807, 2.05) is 13.0 Å². The first-order chi connectivity index (χ1) is 8.20. The van der Waals surface area contributed by atoms with Crippen LogP contribution in [0.1, 0.15) is 18.4 Å². The number of nitrogens with zero attached hydrogens (tertiary/aromatic N) is 1. The van der Waals surface area contributed by atoms with Crippen LogP contribution in [0.3, 0.4) is 0 Å². The van der Waals surface area contributed by atoms with Crippen LogP contribution in [0.5, 0.6) is 0 Å². The molecule has 0 spiro atoms. The molecule has 92 valence electrons. The van der Waals surface area contributed by atoms with Gasteiger partial charge in [-0.25, -0.2) is 0 Å². The van der Waals surface area contributed by atoms with Gasteiger partial charge in [0.15, 0.2) is 0 Å². The van der Waals surface area contributed by atoms with Gasteiger partial charge in [0.2, 0.25) is 5.91 Å². The second-order valence-corrected chi connectivity index (χ2v) is 4.64. The Labute approximate surface area is 107 Å². The third-order valence-electron chi connectivity index (χ3n) is 3.08. The van der Waals surface area contributed by atoms with E-state index in [1.165, 1.54) is 18.5 Å². The number of amides is 1. The lowest BCUT2D eigenvalue weighted by molar-refractivity contribution is -0.113. The molecule has 17 heavy (non-hydrogen) atoms. The number of alkyl halides is 1. The average Bonchev–Trinajstić information content (AvgIpc) is 2.85. The molecule has 4 heteroatoms. The second kappa shape index (κ2) is 5.41. The number of hydrogen-bond donors (Lipinski definition) is 1. The Morgan fingerprint density at radius 3 is 2.71 bits per heavy atom. The molecule has 1 aliphatic rings. The average molecular weight is 253 g/mol. The molecule has 0 radical (unpaired) electrons. The van der Waals surface area contributed by atoms with Crippen LogP contribution in [0.25, 0.3) is 0 Å². The maximum Gasteiger partial charge on any atom is 0.239 e. The Bertz CT molecular complexity index is 414. The summed E-state index contributed by atoms with van der Waals surface area (Å²) in [6.45, 7) is 4.27. The van der Waals surface area contributed by atoms with E-state index < -0.39 is 0 Å². The molecule has 1 saturated heterocycles. The van der Waals surface area contributed by atoms with Crippen LogP contribution in [0, 0.1) is 6.92 Å². The van der Waals surface area contributed by atoms with E-state index in [0.717, 1.165) is 24.3 Å². The Hall–Kier alpha value is -1.22. The summed E-state index contributed by atoms with van der Waals surface area (Å²) < 4.78 is 0. The van der Waals surface area contributed by atoms with E-state index in [-0.39, 0.29) is 11.8 Å². The van der Waals surface area contributed by atoms with Crippen LogP contribution in [0.4, 0.5) is 11.4 Å². The van der Waals surface area contributed by atoms with Gasteiger partial charge in [0.1, 0.15) is 5.88 Å². The molecule has 0 saturated carbocycles. The highest BCUT2D eigenvalue weighted by Gasteiger charge is 2.13. The van der Waals surface area contributed by atoms with Gasteiger partial charge in [0.05, 0.1) is 0 Å². The second-order valence-electron chi connectivity index (χ2n) is 4.38. The first-order valence-electron chi connectivity index (χ1n) is 5.92. The maximum absolute atomic E-state index is 11.2. The zero-order chi connectivity index (χ0) is 12.3. The normalized spacial score (nSPS) is 15.1. The molecule has 1 aromatic carbocycles. The lowest BCUT2D eigenvalue weighted by Crippen LogP contribution is -2.18. The van der Waals surface area contributed by atoms with Crippen molar-refractivity contribution in [2.45, 2.75) is 19.8 Å². The summed E-state index contributed by atoms with van der Waals surface area (Å²) in [5.74, 6) is -0.170. The Kier molecular flexibility index (Phi) is 3.89. The van der Waals surface area contributed by atoms with Gasteiger partial charge in [-0.1, -0.05) is 0 Å². The highest BCUT2D eigenvalue weighted by Crippen LogP contribution is 2.25. The van der Waals surface area contributed by atoms with Gasteiger partial charge < -0.3 is 10.2 Å². The van der Waals surface area contributed by atoms with Crippen LogP contribution in [0.2, 0.25) is 0 Å². The van der Waals surface area contributed by atoms with Crippen molar-refractivity contribution in [3.05, 3.63) is 23.8 Å². The van der Waals surface area contributed by atoms with E-state index in [0.29, 0.717) is 0 Å². The Morgan fingerprint density at radius 1 is 1.41 bits per heavy atom. The van der Waals surface area contributed by atoms with E-state index in [9.17, 15) is 4.79 Å². The van der Waals surface area contributed by atoms with E-state index in [2.05, 4.69) is 22.3 Å². The first kappa shape index (κ1) is 12.2. The number of hydrogen-bond acceptors (Lipinski definition) is 2. The fourth-order valence-corrected chi connectivity index (χ4v) is 2.21. The molecule has 1 fully saturated rings. The summed E-state index contributed by atoms with van der Waals surface area (Å²) in [6.07, 6.45) is 2.54. The molecule has 1 aromatic rings. The summed E-state index contributed by atoms with van der Waals surface area (Å²) >= 11 is 5.47. The SMILES string of the molecule is Cc1cc(N2CCCC2)ccc1NC(=O)CCl. The number of aryl methyl sites for hydroxylation is 1. The minimum Gasteiger partial charge on any atom is -0.372 e. The summed E-state index contributed by atoms with van der Waals surface area (Å²) in [4.78, 5) is 13.6. The topological polar surface area (TPSA) is 32.3 Å². The molecular formula is C13H17ClN2O. The molecule has 1 N–H and O–H groups in total. The number of carbonyl (C=O) groups excluding carboxylic acids is 1. The van der Waals surface area contributed by atoms with Gasteiger partial charge in [-0.15, -0.1) is 11.6 Å². The lowest BCUT2D eigenvalue weighted by atomic mass is 10.1. The van der Waals surface area contributed by atoms with Crippen molar-refractivity contribution >= 4 is 28.9 Å². The van der Waals surface area contributed by atoms with Crippen molar-refractivity contribution in [2.75, 3.05) is 29.2 Å². The van der Waals surface area contributed by atoms with Crippen molar-refractivity contribution in [2.24, 2.45) is 0 Å². The highest BCUT2D eigenvalue weighted by molar-refractivity contribution is 6.29. The lowest BCUT2D eigenvalue weighted by Gasteiger charge is -2.19. The predicted molar refractivity (Wildman–Crippen MR) is 72.0 cm³/mol. The highest BCUT2D eigenvalue weighted by atomic mass is 35.5. The number of nitrogens with one attached hydrogen (secondary N) is 1. The molecule has 0 atom stereocenters. The summed E-state index contributed by atoms with van der Waals surface area (Å²) in [5, 5.41) is 2.79. The molecule has 2 rings (SSSR count). The first-order valence-corrected chi connectivity index (χ1v) is 6.45. The van der Waals surface area contributed by atoms with Crippen molar-refractivity contribution < 1.29 is 4.79 Å². The van der Waals surface area contributed by atoms with Crippen LogP contribution in [-0.4, -0.2) is 24.9 Å². The number of anilines is 2. The molecule has 1 aliphatic heterocycles. The number of carbonyl (C=O) groups is 1. The van der Waals surface area contributed by atoms with Gasteiger partial charge in [0.25, 0.3) is 0 Å². The van der Waals surface area contributed by atoms with Crippen molar-refractivity contribution in [1.82, 2.24) is 0 Å². The molecule has 0 aliphatic carbocycles. The maximum atomic E-state index is 11.2. The Morgan fingerprint density at radius 2 is 2.12 bits per heavy atom. The summed E-state index contributed by atoms with van der Waals surface area (Å²) in [7, 11) is 0. The van der Waals surface area contributed by atoms with Crippen LogP contribution < -0.4 is 10.2 Å². The van der Waals surface area contributed by atoms with E-state index in [4.69, 9.17) is 11.6 Å². The fraction of sp³-hybridized carbons (Fsp3) is 0.462. The van der Waals surface area contributed by atoms with Crippen LogP contribution >= 0.6 is 11.6 Å². The molecule has 1 amide bonds. The predicted octanol–water partition coefficient (Wildman–Crippen LogP) is 2.77. The number of benzene rings is 1. The molecule has 3 nitrogen and oxygen atoms in total. The molecule has 0 unspecified atom stereocenters. The zero-order valence-electron chi connectivity index (χ0n) is 10.0. The third-order valence-corrected chi connectivity index (χ3v) is 3.32. The summed E-state index contributed by atoms with van der Waals surface area (Å²) in [6, 6.07) is 6.13. The van der Waals surface area contributed by atoms with Gasteiger partial charge >= 0.3 is 0 Å². The van der Waals surface area contributed by atoms with Gasteiger partial charge in [-0.05, 0) is 43.5 Å². The minimum absolute atomic E-state index is 0.00663. The van der Waals surface area contributed by atoms with Crippen LogP contribution in [0.15, 0.2) is 18.2 Å². The van der Waals surface area contributed by atoms with Gasteiger partial charge in [-0.2, -0.15) is 0 Å². The quantitative estimate of drug-likeness (QED) is 0.839. The van der Waals surface area contributed by atoms with Gasteiger partial charge in [-0.3, -0.25) is 4.79 Å². The molecule has 0 aromatic heterocycles. The van der Waals surface area contributed by atoms with E-state index in [1.54, 1.807) is 0 Å². The number of halogens is 1. The van der Waals surface area contributed by atoms with Crippen molar-refractivity contribution in [3.63, 3.8) is 0 Å². The van der Waals surface area contributed by atoms with Crippen LogP contribution in [-0.2, 0) is 4.79 Å². The molecule has 0 bridgehead atoms. The number of rotatable bonds is 3. The standard InChI is InChI=1S/C13H17ClN2O/c1-10-8-11(16-6-2-3-7-16)4-5-12(10)15-13(17)9-14/h4-5,8H,2-3,6-7,9H2,1H3,(H,15,17). The summed E-state index contributed by atoms with van der Waals surface area (Å²) in [5.41, 5.74) is 3.16. The zero-order valence-corrected chi connectivity index (χ0v) is 10.8. The van der Waals surface area contributed by atoms with Crippen molar-refractivity contribution in [1.29, 1.82) is 0 Å². The smallest absolute Gasteiger partial charge is 0.239 e. The molecule has 1 heterocycles. The van der Waals surface area contributed by atoms with Crippen molar-refractivity contribution in [3.8, 4) is 0 Å². The fourth-order valence-electron chi connectivity index (χ4n) is 2.14. The third kappa shape index (κ3) is 2.91. The van der Waals surface area contributed by atoms with Gasteiger partial charge in [0, 0.05) is 24.5 Å². The van der Waals surface area contributed by atoms with E-state index >= 15 is 0 Å². The monoisotopic (exact) mass is 252 g/mol. The minimum atomic E-state index is -0.163. The molecular weight excluding hydrogens is 236 g/mol. The largest absolute Gasteiger partial charge is 0.372 e. The Balaban J connectivity index is 2.13.